The van der Waals surface area contributed by atoms with Crippen molar-refractivity contribution in [3.05, 3.63) is 47.8 Å². The van der Waals surface area contributed by atoms with Gasteiger partial charge in [-0.3, -0.25) is 4.79 Å². The maximum absolute atomic E-state index is 11.9. The monoisotopic (exact) mass is 298 g/mol. The first kappa shape index (κ1) is 14.8. The number of hydrogen-bond donors (Lipinski definition) is 2. The van der Waals surface area contributed by atoms with Gasteiger partial charge in [0.05, 0.1) is 11.9 Å². The second-order valence-electron chi connectivity index (χ2n) is 5.97. The Kier molecular flexibility index (Phi) is 4.53. The van der Waals surface area contributed by atoms with Crippen LogP contribution in [0.4, 0.5) is 0 Å². The van der Waals surface area contributed by atoms with E-state index in [-0.39, 0.29) is 5.91 Å². The average molecular weight is 298 g/mol. The molecule has 1 fully saturated rings. The molecule has 1 saturated heterocycles. The molecule has 3 rings (SSSR count). The molecule has 22 heavy (non-hydrogen) atoms. The van der Waals surface area contributed by atoms with Gasteiger partial charge in [0, 0.05) is 24.7 Å². The third kappa shape index (κ3) is 3.74. The molecule has 2 aromatic rings. The lowest BCUT2D eigenvalue weighted by atomic mass is 10.0. The quantitative estimate of drug-likeness (QED) is 0.885. The summed E-state index contributed by atoms with van der Waals surface area (Å²) in [5.41, 5.74) is 3.25. The van der Waals surface area contributed by atoms with Gasteiger partial charge in [0.25, 0.3) is 0 Å². The predicted molar refractivity (Wildman–Crippen MR) is 85.7 cm³/mol. The predicted octanol–water partition coefficient (Wildman–Crippen LogP) is 1.80. The van der Waals surface area contributed by atoms with E-state index in [0.29, 0.717) is 18.9 Å². The van der Waals surface area contributed by atoms with Gasteiger partial charge in [0.15, 0.2) is 0 Å². The average Bonchev–Trinajstić information content (AvgIpc) is 3.16. The van der Waals surface area contributed by atoms with Gasteiger partial charge in [-0.05, 0) is 50.0 Å². The molecule has 0 spiro atoms. The van der Waals surface area contributed by atoms with E-state index in [0.717, 1.165) is 30.8 Å². The Morgan fingerprint density at radius 2 is 2.41 bits per heavy atom. The molecule has 1 atom stereocenters. The van der Waals surface area contributed by atoms with Gasteiger partial charge >= 0.3 is 0 Å². The molecule has 1 amide bonds. The summed E-state index contributed by atoms with van der Waals surface area (Å²) in [5.74, 6) is 0.604. The van der Waals surface area contributed by atoms with Crippen molar-refractivity contribution in [1.29, 1.82) is 0 Å². The molecule has 0 radical (unpaired) electrons. The summed E-state index contributed by atoms with van der Waals surface area (Å²) < 4.78 is 1.84. The normalized spacial score (nSPS) is 17.6. The van der Waals surface area contributed by atoms with E-state index in [4.69, 9.17) is 0 Å². The highest BCUT2D eigenvalue weighted by molar-refractivity contribution is 5.76. The molecular formula is C17H22N4O. The van der Waals surface area contributed by atoms with Gasteiger partial charge in [-0.15, -0.1) is 0 Å². The van der Waals surface area contributed by atoms with Gasteiger partial charge in [-0.2, -0.15) is 5.10 Å². The fourth-order valence-corrected chi connectivity index (χ4v) is 2.79. The SMILES string of the molecule is Cc1cccc(-n2cc(CNC(=O)C[C@@H]3CCNC3)cn2)c1. The van der Waals surface area contributed by atoms with Gasteiger partial charge < -0.3 is 10.6 Å². The molecule has 1 aromatic heterocycles. The first-order valence-electron chi connectivity index (χ1n) is 7.79. The van der Waals surface area contributed by atoms with E-state index in [1.54, 1.807) is 6.20 Å². The van der Waals surface area contributed by atoms with Crippen molar-refractivity contribution < 1.29 is 4.79 Å². The highest BCUT2D eigenvalue weighted by Crippen LogP contribution is 2.12. The number of nitrogens with one attached hydrogen (secondary N) is 2. The van der Waals surface area contributed by atoms with Crippen LogP contribution in [0.5, 0.6) is 0 Å². The van der Waals surface area contributed by atoms with Crippen LogP contribution in [0.2, 0.25) is 0 Å². The van der Waals surface area contributed by atoms with Crippen molar-refractivity contribution in [2.45, 2.75) is 26.3 Å². The second-order valence-corrected chi connectivity index (χ2v) is 5.97. The van der Waals surface area contributed by atoms with E-state index >= 15 is 0 Å². The third-order valence-electron chi connectivity index (χ3n) is 4.03. The summed E-state index contributed by atoms with van der Waals surface area (Å²) in [7, 11) is 0. The Hall–Kier alpha value is -2.14. The van der Waals surface area contributed by atoms with Crippen molar-refractivity contribution >= 4 is 5.91 Å². The lowest BCUT2D eigenvalue weighted by molar-refractivity contribution is -0.122. The Bertz CT molecular complexity index is 644. The number of benzene rings is 1. The number of carbonyl (C=O) groups excluding carboxylic acids is 1. The fourth-order valence-electron chi connectivity index (χ4n) is 2.79. The maximum Gasteiger partial charge on any atom is 0.220 e. The minimum absolute atomic E-state index is 0.122. The first-order valence-corrected chi connectivity index (χ1v) is 7.79. The number of amides is 1. The summed E-state index contributed by atoms with van der Waals surface area (Å²) in [5, 5.41) is 10.6. The Labute approximate surface area is 130 Å². The molecule has 2 N–H and O–H groups in total. The molecule has 0 aliphatic carbocycles. The zero-order valence-corrected chi connectivity index (χ0v) is 12.9. The van der Waals surface area contributed by atoms with E-state index in [2.05, 4.69) is 34.8 Å². The Morgan fingerprint density at radius 1 is 1.50 bits per heavy atom. The number of nitrogens with zero attached hydrogens (tertiary/aromatic N) is 2. The van der Waals surface area contributed by atoms with E-state index in [1.807, 2.05) is 23.0 Å². The van der Waals surface area contributed by atoms with Crippen molar-refractivity contribution in [2.75, 3.05) is 13.1 Å². The highest BCUT2D eigenvalue weighted by atomic mass is 16.1. The molecule has 1 aliphatic heterocycles. The molecule has 0 saturated carbocycles. The number of aromatic nitrogens is 2. The summed E-state index contributed by atoms with van der Waals surface area (Å²) in [6, 6.07) is 8.19. The Balaban J connectivity index is 1.54. The van der Waals surface area contributed by atoms with Crippen molar-refractivity contribution in [3.8, 4) is 5.69 Å². The second kappa shape index (κ2) is 6.75. The summed E-state index contributed by atoms with van der Waals surface area (Å²) in [6.45, 7) is 4.58. The topological polar surface area (TPSA) is 59.0 Å². The van der Waals surface area contributed by atoms with Gasteiger partial charge in [0.2, 0.25) is 5.91 Å². The third-order valence-corrected chi connectivity index (χ3v) is 4.03. The molecule has 0 unspecified atom stereocenters. The van der Waals surface area contributed by atoms with E-state index in [9.17, 15) is 4.79 Å². The molecule has 0 bridgehead atoms. The van der Waals surface area contributed by atoms with Gasteiger partial charge in [-0.25, -0.2) is 4.68 Å². The van der Waals surface area contributed by atoms with Crippen molar-refractivity contribution in [2.24, 2.45) is 5.92 Å². The number of aryl methyl sites for hydroxylation is 1. The van der Waals surface area contributed by atoms with Crippen LogP contribution in [-0.4, -0.2) is 28.8 Å². The van der Waals surface area contributed by atoms with Crippen LogP contribution in [0.1, 0.15) is 24.0 Å². The van der Waals surface area contributed by atoms with Crippen LogP contribution in [0, 0.1) is 12.8 Å². The molecule has 1 aromatic carbocycles. The zero-order valence-electron chi connectivity index (χ0n) is 12.9. The lowest BCUT2D eigenvalue weighted by Crippen LogP contribution is -2.25. The minimum Gasteiger partial charge on any atom is -0.352 e. The van der Waals surface area contributed by atoms with Gasteiger partial charge in [0.1, 0.15) is 0 Å². The number of carbonyl (C=O) groups is 1. The van der Waals surface area contributed by atoms with Crippen LogP contribution >= 0.6 is 0 Å². The number of hydrogen-bond acceptors (Lipinski definition) is 3. The molecule has 116 valence electrons. The molecular weight excluding hydrogens is 276 g/mol. The van der Waals surface area contributed by atoms with E-state index in [1.165, 1.54) is 5.56 Å². The van der Waals surface area contributed by atoms with Crippen molar-refractivity contribution in [3.63, 3.8) is 0 Å². The number of rotatable bonds is 5. The minimum atomic E-state index is 0.122. The van der Waals surface area contributed by atoms with Crippen LogP contribution in [0.3, 0.4) is 0 Å². The smallest absolute Gasteiger partial charge is 0.220 e. The maximum atomic E-state index is 11.9. The summed E-state index contributed by atoms with van der Waals surface area (Å²) in [6.07, 6.45) is 5.48. The lowest BCUT2D eigenvalue weighted by Gasteiger charge is -2.08. The zero-order chi connectivity index (χ0) is 15.4. The van der Waals surface area contributed by atoms with Crippen LogP contribution < -0.4 is 10.6 Å². The molecule has 2 heterocycles. The van der Waals surface area contributed by atoms with Crippen LogP contribution in [-0.2, 0) is 11.3 Å². The highest BCUT2D eigenvalue weighted by Gasteiger charge is 2.17. The molecule has 5 heteroatoms. The fraction of sp³-hybridized carbons (Fsp3) is 0.412. The first-order chi connectivity index (χ1) is 10.7. The molecule has 5 nitrogen and oxygen atoms in total. The van der Waals surface area contributed by atoms with Crippen molar-refractivity contribution in [1.82, 2.24) is 20.4 Å². The summed E-state index contributed by atoms with van der Waals surface area (Å²) in [4.78, 5) is 11.9. The Morgan fingerprint density at radius 3 is 3.18 bits per heavy atom. The van der Waals surface area contributed by atoms with Crippen LogP contribution in [0.15, 0.2) is 36.7 Å². The summed E-state index contributed by atoms with van der Waals surface area (Å²) >= 11 is 0. The van der Waals surface area contributed by atoms with E-state index < -0.39 is 0 Å². The standard InChI is InChI=1S/C17H22N4O/c1-13-3-2-4-16(7-13)21-12-15(11-20-21)10-19-17(22)8-14-5-6-18-9-14/h2-4,7,11-12,14,18H,5-6,8-10H2,1H3,(H,19,22)/t14-/m0/s1. The molecule has 1 aliphatic rings. The largest absolute Gasteiger partial charge is 0.352 e. The van der Waals surface area contributed by atoms with Gasteiger partial charge in [-0.1, -0.05) is 12.1 Å². The van der Waals surface area contributed by atoms with Crippen LogP contribution in [0.25, 0.3) is 5.69 Å².